The van der Waals surface area contributed by atoms with E-state index in [1.54, 1.807) is 12.1 Å². The second-order valence-electron chi connectivity index (χ2n) is 7.94. The third-order valence-electron chi connectivity index (χ3n) is 6.21. The van der Waals surface area contributed by atoms with Gasteiger partial charge in [-0.15, -0.1) is 0 Å². The number of nitrogens with two attached hydrogens (primary N) is 1. The van der Waals surface area contributed by atoms with Crippen molar-refractivity contribution >= 4 is 11.8 Å². The molecule has 0 atom stereocenters. The van der Waals surface area contributed by atoms with Gasteiger partial charge < -0.3 is 11.1 Å². The summed E-state index contributed by atoms with van der Waals surface area (Å²) in [6.07, 6.45) is 7.31. The molecule has 0 radical (unpaired) electrons. The lowest BCUT2D eigenvalue weighted by atomic mass is 9.49. The Morgan fingerprint density at radius 2 is 1.52 bits per heavy atom. The van der Waals surface area contributed by atoms with E-state index in [1.807, 2.05) is 12.1 Å². The van der Waals surface area contributed by atoms with Gasteiger partial charge in [-0.2, -0.15) is 0 Å². The zero-order chi connectivity index (χ0) is 16.0. The number of hydrogen-bond donors (Lipinski definition) is 2. The smallest absolute Gasteiger partial charge is 0.248 e. The van der Waals surface area contributed by atoms with Crippen molar-refractivity contribution in [2.24, 2.45) is 28.9 Å². The minimum absolute atomic E-state index is 0.0953. The molecular formula is C19H24N2O2. The van der Waals surface area contributed by atoms with Gasteiger partial charge in [0.2, 0.25) is 11.8 Å². The van der Waals surface area contributed by atoms with Gasteiger partial charge in [0, 0.05) is 17.5 Å². The van der Waals surface area contributed by atoms with Gasteiger partial charge in [-0.1, -0.05) is 12.1 Å². The van der Waals surface area contributed by atoms with Gasteiger partial charge in [0.1, 0.15) is 0 Å². The highest BCUT2D eigenvalue weighted by atomic mass is 16.2. The van der Waals surface area contributed by atoms with Crippen molar-refractivity contribution in [1.29, 1.82) is 0 Å². The van der Waals surface area contributed by atoms with Crippen molar-refractivity contribution in [3.05, 3.63) is 35.4 Å². The predicted octanol–water partition coefficient (Wildman–Crippen LogP) is 2.62. The first-order valence-corrected chi connectivity index (χ1v) is 8.71. The summed E-state index contributed by atoms with van der Waals surface area (Å²) >= 11 is 0. The molecule has 2 amide bonds. The zero-order valence-electron chi connectivity index (χ0n) is 13.4. The Hall–Kier alpha value is -1.84. The summed E-state index contributed by atoms with van der Waals surface area (Å²) in [5.41, 5.74) is 6.66. The summed E-state index contributed by atoms with van der Waals surface area (Å²) in [5.74, 6) is 2.16. The van der Waals surface area contributed by atoms with Gasteiger partial charge in [0.05, 0.1) is 0 Å². The fraction of sp³-hybridized carbons (Fsp3) is 0.579. The van der Waals surface area contributed by atoms with Crippen molar-refractivity contribution < 1.29 is 9.59 Å². The van der Waals surface area contributed by atoms with Crippen molar-refractivity contribution in [3.63, 3.8) is 0 Å². The van der Waals surface area contributed by atoms with E-state index < -0.39 is 5.91 Å². The van der Waals surface area contributed by atoms with Crippen LogP contribution < -0.4 is 11.1 Å². The maximum absolute atomic E-state index is 12.9. The van der Waals surface area contributed by atoms with Gasteiger partial charge in [-0.05, 0) is 74.0 Å². The molecule has 4 aliphatic carbocycles. The van der Waals surface area contributed by atoms with E-state index in [0.717, 1.165) is 42.6 Å². The molecule has 1 aromatic rings. The third kappa shape index (κ3) is 2.64. The molecule has 0 unspecified atom stereocenters. The lowest BCUT2D eigenvalue weighted by Gasteiger charge is -2.55. The second-order valence-corrected chi connectivity index (χ2v) is 7.94. The first-order chi connectivity index (χ1) is 11.0. The van der Waals surface area contributed by atoms with Crippen molar-refractivity contribution in [2.75, 3.05) is 0 Å². The van der Waals surface area contributed by atoms with Crippen molar-refractivity contribution in [1.82, 2.24) is 5.32 Å². The Bertz CT molecular complexity index is 600. The van der Waals surface area contributed by atoms with Crippen LogP contribution in [0.15, 0.2) is 24.3 Å². The molecule has 0 spiro atoms. The second kappa shape index (κ2) is 5.36. The Morgan fingerprint density at radius 1 is 1.00 bits per heavy atom. The van der Waals surface area contributed by atoms with Crippen LogP contribution in [0.25, 0.3) is 0 Å². The molecule has 122 valence electrons. The van der Waals surface area contributed by atoms with Gasteiger partial charge >= 0.3 is 0 Å². The Kier molecular flexibility index (Phi) is 3.43. The van der Waals surface area contributed by atoms with E-state index in [9.17, 15) is 9.59 Å². The van der Waals surface area contributed by atoms with Gasteiger partial charge in [-0.3, -0.25) is 9.59 Å². The number of carbonyl (C=O) groups is 2. The number of rotatable bonds is 4. The van der Waals surface area contributed by atoms with Crippen LogP contribution in [-0.4, -0.2) is 11.8 Å². The minimum atomic E-state index is -0.422. The van der Waals surface area contributed by atoms with E-state index in [0.29, 0.717) is 12.1 Å². The highest BCUT2D eigenvalue weighted by Crippen LogP contribution is 2.60. The number of hydrogen-bond acceptors (Lipinski definition) is 2. The average molecular weight is 312 g/mol. The molecule has 0 saturated heterocycles. The molecule has 23 heavy (non-hydrogen) atoms. The van der Waals surface area contributed by atoms with Crippen molar-refractivity contribution in [3.8, 4) is 0 Å². The molecule has 4 nitrogen and oxygen atoms in total. The Balaban J connectivity index is 1.41. The number of benzene rings is 1. The minimum Gasteiger partial charge on any atom is -0.366 e. The van der Waals surface area contributed by atoms with Crippen LogP contribution in [0.3, 0.4) is 0 Å². The molecule has 4 aliphatic rings. The van der Waals surface area contributed by atoms with Crippen LogP contribution in [0.1, 0.15) is 54.4 Å². The van der Waals surface area contributed by atoms with Gasteiger partial charge in [0.15, 0.2) is 0 Å². The predicted molar refractivity (Wildman–Crippen MR) is 87.4 cm³/mol. The van der Waals surface area contributed by atoms with Crippen LogP contribution in [-0.2, 0) is 11.3 Å². The molecule has 5 rings (SSSR count). The van der Waals surface area contributed by atoms with E-state index in [1.165, 1.54) is 19.3 Å². The lowest BCUT2D eigenvalue weighted by molar-refractivity contribution is -0.146. The quantitative estimate of drug-likeness (QED) is 0.897. The molecular weight excluding hydrogens is 288 g/mol. The Morgan fingerprint density at radius 3 is 2.00 bits per heavy atom. The van der Waals surface area contributed by atoms with E-state index in [4.69, 9.17) is 5.73 Å². The molecule has 3 N–H and O–H groups in total. The molecule has 0 heterocycles. The van der Waals surface area contributed by atoms with E-state index in [2.05, 4.69) is 5.32 Å². The average Bonchev–Trinajstić information content (AvgIpc) is 2.51. The fourth-order valence-corrected chi connectivity index (χ4v) is 5.55. The normalized spacial score (nSPS) is 34.3. The van der Waals surface area contributed by atoms with Crippen LogP contribution in [0.5, 0.6) is 0 Å². The molecule has 4 saturated carbocycles. The monoisotopic (exact) mass is 312 g/mol. The van der Waals surface area contributed by atoms with Gasteiger partial charge in [-0.25, -0.2) is 0 Å². The summed E-state index contributed by atoms with van der Waals surface area (Å²) in [4.78, 5) is 24.0. The molecule has 1 aromatic carbocycles. The number of amides is 2. The molecule has 4 fully saturated rings. The molecule has 4 heteroatoms. The van der Waals surface area contributed by atoms with Crippen LogP contribution in [0.2, 0.25) is 0 Å². The summed E-state index contributed by atoms with van der Waals surface area (Å²) in [7, 11) is 0. The maximum Gasteiger partial charge on any atom is 0.248 e. The van der Waals surface area contributed by atoms with Crippen LogP contribution in [0, 0.1) is 23.2 Å². The fourth-order valence-electron chi connectivity index (χ4n) is 5.55. The zero-order valence-corrected chi connectivity index (χ0v) is 13.4. The van der Waals surface area contributed by atoms with Gasteiger partial charge in [0.25, 0.3) is 0 Å². The molecule has 0 aliphatic heterocycles. The molecule has 4 bridgehead atoms. The summed E-state index contributed by atoms with van der Waals surface area (Å²) in [5, 5.41) is 3.15. The van der Waals surface area contributed by atoms with Crippen LogP contribution in [0.4, 0.5) is 0 Å². The topological polar surface area (TPSA) is 72.2 Å². The number of carbonyl (C=O) groups excluding carboxylic acids is 2. The first kappa shape index (κ1) is 14.7. The lowest BCUT2D eigenvalue weighted by Crippen LogP contribution is -2.53. The largest absolute Gasteiger partial charge is 0.366 e. The first-order valence-electron chi connectivity index (χ1n) is 8.71. The maximum atomic E-state index is 12.9. The van der Waals surface area contributed by atoms with Crippen molar-refractivity contribution in [2.45, 2.75) is 45.1 Å². The highest BCUT2D eigenvalue weighted by molar-refractivity contribution is 5.92. The molecule has 0 aromatic heterocycles. The highest BCUT2D eigenvalue weighted by Gasteiger charge is 2.54. The van der Waals surface area contributed by atoms with E-state index >= 15 is 0 Å². The standard InChI is InChI=1S/C19H24N2O2/c20-17(22)16-3-1-12(2-4-16)11-21-18(23)19-8-13-5-14(9-19)7-15(6-13)10-19/h1-4,13-15H,5-11H2,(H2,20,22)(H,21,23). The number of nitrogens with one attached hydrogen (secondary N) is 1. The van der Waals surface area contributed by atoms with Crippen LogP contribution >= 0.6 is 0 Å². The Labute approximate surface area is 136 Å². The number of primary amides is 1. The third-order valence-corrected chi connectivity index (χ3v) is 6.21. The van der Waals surface area contributed by atoms with E-state index in [-0.39, 0.29) is 11.3 Å². The SMILES string of the molecule is NC(=O)c1ccc(CNC(=O)C23CC4CC(CC(C4)C2)C3)cc1. The summed E-state index contributed by atoms with van der Waals surface area (Å²) in [6, 6.07) is 7.16. The summed E-state index contributed by atoms with van der Waals surface area (Å²) in [6.45, 7) is 0.527. The summed E-state index contributed by atoms with van der Waals surface area (Å²) < 4.78 is 0.